The zero-order chi connectivity index (χ0) is 17.4. The van der Waals surface area contributed by atoms with Crippen molar-refractivity contribution in [1.29, 1.82) is 0 Å². The van der Waals surface area contributed by atoms with Gasteiger partial charge < -0.3 is 0 Å². The standard InChI is InChI=1S/C20H16N2O2S/c1-15-7-9-17(10-8-15)25(23,24)22-14-12-19-18(11-13-21-20(19)22)16-5-3-2-4-6-16/h2-14H,1H3. The first-order chi connectivity index (χ1) is 12.1. The fraction of sp³-hybridized carbons (Fsp3) is 0.0500. The van der Waals surface area contributed by atoms with Crippen molar-refractivity contribution in [3.8, 4) is 11.1 Å². The van der Waals surface area contributed by atoms with Crippen molar-refractivity contribution in [1.82, 2.24) is 8.96 Å². The Kier molecular flexibility index (Phi) is 3.66. The average Bonchev–Trinajstić information content (AvgIpc) is 3.08. The molecule has 0 spiro atoms. The molecule has 4 aromatic rings. The number of aryl methyl sites for hydroxylation is 1. The molecule has 124 valence electrons. The van der Waals surface area contributed by atoms with Gasteiger partial charge in [0.15, 0.2) is 5.65 Å². The maximum atomic E-state index is 13.0. The van der Waals surface area contributed by atoms with E-state index in [4.69, 9.17) is 0 Å². The molecule has 4 nitrogen and oxygen atoms in total. The van der Waals surface area contributed by atoms with Gasteiger partial charge in [-0.2, -0.15) is 0 Å². The van der Waals surface area contributed by atoms with Gasteiger partial charge >= 0.3 is 0 Å². The molecule has 25 heavy (non-hydrogen) atoms. The van der Waals surface area contributed by atoms with Gasteiger partial charge in [0.2, 0.25) is 0 Å². The second-order valence-electron chi connectivity index (χ2n) is 5.89. The fourth-order valence-electron chi connectivity index (χ4n) is 2.90. The van der Waals surface area contributed by atoms with Crippen LogP contribution in [0.1, 0.15) is 5.56 Å². The summed E-state index contributed by atoms with van der Waals surface area (Å²) in [5.74, 6) is 0. The first-order valence-electron chi connectivity index (χ1n) is 7.91. The van der Waals surface area contributed by atoms with Crippen molar-refractivity contribution in [3.05, 3.63) is 84.7 Å². The third-order valence-corrected chi connectivity index (χ3v) is 5.90. The second kappa shape index (κ2) is 5.86. The van der Waals surface area contributed by atoms with Crippen LogP contribution in [0.15, 0.2) is 84.0 Å². The molecule has 0 aliphatic rings. The van der Waals surface area contributed by atoms with E-state index in [9.17, 15) is 8.42 Å². The van der Waals surface area contributed by atoms with E-state index < -0.39 is 10.0 Å². The Morgan fingerprint density at radius 3 is 2.32 bits per heavy atom. The Morgan fingerprint density at radius 1 is 0.880 bits per heavy atom. The monoisotopic (exact) mass is 348 g/mol. The summed E-state index contributed by atoms with van der Waals surface area (Å²) in [6, 6.07) is 20.4. The summed E-state index contributed by atoms with van der Waals surface area (Å²) < 4.78 is 27.2. The van der Waals surface area contributed by atoms with Crippen LogP contribution in [0.4, 0.5) is 0 Å². The van der Waals surface area contributed by atoms with Crippen LogP contribution >= 0.6 is 0 Å². The van der Waals surface area contributed by atoms with Crippen molar-refractivity contribution in [3.63, 3.8) is 0 Å². The highest BCUT2D eigenvalue weighted by molar-refractivity contribution is 7.90. The molecule has 0 unspecified atom stereocenters. The number of aromatic nitrogens is 2. The Balaban J connectivity index is 1.92. The molecular weight excluding hydrogens is 332 g/mol. The van der Waals surface area contributed by atoms with E-state index in [1.807, 2.05) is 43.3 Å². The first kappa shape index (κ1) is 15.6. The lowest BCUT2D eigenvalue weighted by Gasteiger charge is -2.08. The lowest BCUT2D eigenvalue weighted by molar-refractivity contribution is 0.589. The highest BCUT2D eigenvalue weighted by Crippen LogP contribution is 2.29. The van der Waals surface area contributed by atoms with Crippen LogP contribution < -0.4 is 0 Å². The van der Waals surface area contributed by atoms with Gasteiger partial charge in [-0.3, -0.25) is 0 Å². The Hall–Kier alpha value is -2.92. The molecule has 0 aliphatic heterocycles. The van der Waals surface area contributed by atoms with Gasteiger partial charge in [-0.1, -0.05) is 48.0 Å². The van der Waals surface area contributed by atoms with Gasteiger partial charge in [0.05, 0.1) is 4.90 Å². The van der Waals surface area contributed by atoms with Crippen molar-refractivity contribution >= 4 is 21.1 Å². The van der Waals surface area contributed by atoms with Crippen LogP contribution in [0, 0.1) is 6.92 Å². The average molecular weight is 348 g/mol. The summed E-state index contributed by atoms with van der Waals surface area (Å²) in [5, 5.41) is 0.810. The molecule has 0 radical (unpaired) electrons. The van der Waals surface area contributed by atoms with Crippen molar-refractivity contribution < 1.29 is 8.42 Å². The molecule has 2 heterocycles. The number of benzene rings is 2. The number of pyridine rings is 1. The van der Waals surface area contributed by atoms with Gasteiger partial charge in [-0.05, 0) is 42.3 Å². The number of fused-ring (bicyclic) bond motifs is 1. The quantitative estimate of drug-likeness (QED) is 0.556. The van der Waals surface area contributed by atoms with Gasteiger partial charge in [-0.15, -0.1) is 0 Å². The molecule has 0 amide bonds. The van der Waals surface area contributed by atoms with E-state index in [-0.39, 0.29) is 4.90 Å². The minimum Gasteiger partial charge on any atom is -0.237 e. The summed E-state index contributed by atoms with van der Waals surface area (Å²) in [6.07, 6.45) is 3.21. The predicted molar refractivity (Wildman–Crippen MR) is 98.9 cm³/mol. The second-order valence-corrected chi connectivity index (χ2v) is 7.71. The number of hydrogen-bond acceptors (Lipinski definition) is 3. The zero-order valence-corrected chi connectivity index (χ0v) is 14.4. The normalized spacial score (nSPS) is 11.7. The number of nitrogens with zero attached hydrogens (tertiary/aromatic N) is 2. The van der Waals surface area contributed by atoms with E-state index >= 15 is 0 Å². The molecule has 0 saturated heterocycles. The van der Waals surface area contributed by atoms with E-state index in [1.165, 1.54) is 3.97 Å². The van der Waals surface area contributed by atoms with Gasteiger partial charge in [0, 0.05) is 17.8 Å². The SMILES string of the molecule is Cc1ccc(S(=O)(=O)n2ccc3c(-c4ccccc4)ccnc32)cc1. The van der Waals surface area contributed by atoms with Crippen LogP contribution in [0.5, 0.6) is 0 Å². The topological polar surface area (TPSA) is 52.0 Å². The Labute approximate surface area is 146 Å². The maximum Gasteiger partial charge on any atom is 0.269 e. The molecule has 2 aromatic carbocycles. The van der Waals surface area contributed by atoms with E-state index in [1.54, 1.807) is 42.7 Å². The lowest BCUT2D eigenvalue weighted by Crippen LogP contribution is -2.12. The van der Waals surface area contributed by atoms with E-state index in [2.05, 4.69) is 4.98 Å². The van der Waals surface area contributed by atoms with Crippen molar-refractivity contribution in [2.45, 2.75) is 11.8 Å². The van der Waals surface area contributed by atoms with Crippen LogP contribution in [0.25, 0.3) is 22.2 Å². The molecule has 0 bridgehead atoms. The number of rotatable bonds is 3. The molecule has 0 saturated carbocycles. The summed E-state index contributed by atoms with van der Waals surface area (Å²) in [7, 11) is -3.68. The highest BCUT2D eigenvalue weighted by Gasteiger charge is 2.20. The minimum absolute atomic E-state index is 0.252. The molecule has 0 fully saturated rings. The lowest BCUT2D eigenvalue weighted by atomic mass is 10.0. The predicted octanol–water partition coefficient (Wildman–Crippen LogP) is 4.25. The Bertz CT molecular complexity index is 1150. The fourth-order valence-corrected chi connectivity index (χ4v) is 4.20. The maximum absolute atomic E-state index is 13.0. The zero-order valence-electron chi connectivity index (χ0n) is 13.6. The molecule has 0 N–H and O–H groups in total. The van der Waals surface area contributed by atoms with Gasteiger partial charge in [0.1, 0.15) is 0 Å². The third-order valence-electron chi connectivity index (χ3n) is 4.22. The van der Waals surface area contributed by atoms with Gasteiger partial charge in [-0.25, -0.2) is 17.4 Å². The molecule has 5 heteroatoms. The largest absolute Gasteiger partial charge is 0.269 e. The molecular formula is C20H16N2O2S. The van der Waals surface area contributed by atoms with Crippen LogP contribution in [0.3, 0.4) is 0 Å². The van der Waals surface area contributed by atoms with Crippen LogP contribution in [-0.4, -0.2) is 17.4 Å². The van der Waals surface area contributed by atoms with Gasteiger partial charge in [0.25, 0.3) is 10.0 Å². The van der Waals surface area contributed by atoms with Crippen molar-refractivity contribution in [2.24, 2.45) is 0 Å². The molecule has 2 aromatic heterocycles. The summed E-state index contributed by atoms with van der Waals surface area (Å²) in [5.41, 5.74) is 3.44. The minimum atomic E-state index is -3.68. The first-order valence-corrected chi connectivity index (χ1v) is 9.35. The smallest absolute Gasteiger partial charge is 0.237 e. The molecule has 4 rings (SSSR count). The highest BCUT2D eigenvalue weighted by atomic mass is 32.2. The summed E-state index contributed by atoms with van der Waals surface area (Å²) in [6.45, 7) is 1.93. The summed E-state index contributed by atoms with van der Waals surface area (Å²) in [4.78, 5) is 4.57. The molecule has 0 atom stereocenters. The third kappa shape index (κ3) is 2.62. The summed E-state index contributed by atoms with van der Waals surface area (Å²) >= 11 is 0. The van der Waals surface area contributed by atoms with E-state index in [0.29, 0.717) is 5.65 Å². The van der Waals surface area contributed by atoms with Crippen LogP contribution in [-0.2, 0) is 10.0 Å². The van der Waals surface area contributed by atoms with E-state index in [0.717, 1.165) is 22.1 Å². The van der Waals surface area contributed by atoms with Crippen molar-refractivity contribution in [2.75, 3.05) is 0 Å². The molecule has 0 aliphatic carbocycles. The number of hydrogen-bond donors (Lipinski definition) is 0. The van der Waals surface area contributed by atoms with Crippen LogP contribution in [0.2, 0.25) is 0 Å². The Morgan fingerprint density at radius 2 is 1.60 bits per heavy atom.